The molecule has 2 nitrogen and oxygen atoms in total. The van der Waals surface area contributed by atoms with Crippen LogP contribution in [0, 0.1) is 0 Å². The molecule has 0 rings (SSSR count). The van der Waals surface area contributed by atoms with Gasteiger partial charge in [0.05, 0.1) is 6.10 Å². The van der Waals surface area contributed by atoms with Crippen molar-refractivity contribution in [1.29, 1.82) is 0 Å². The number of carbonyl (C=O) groups excluding carboxylic acids is 1. The minimum absolute atomic E-state index is 0. The Balaban J connectivity index is 0. The van der Waals surface area contributed by atoms with Gasteiger partial charge >= 0.3 is 35.5 Å². The summed E-state index contributed by atoms with van der Waals surface area (Å²) in [6.07, 6.45) is 3.37. The van der Waals surface area contributed by atoms with E-state index in [0.29, 0.717) is 0 Å². The van der Waals surface area contributed by atoms with Crippen LogP contribution in [-0.4, -0.2) is 41.6 Å². The van der Waals surface area contributed by atoms with E-state index in [9.17, 15) is 4.79 Å². The van der Waals surface area contributed by atoms with Crippen LogP contribution in [0.3, 0.4) is 0 Å². The quantitative estimate of drug-likeness (QED) is 0.469. The molecule has 0 aliphatic carbocycles. The summed E-state index contributed by atoms with van der Waals surface area (Å²) < 4.78 is 4.91. The van der Waals surface area contributed by atoms with Gasteiger partial charge in [0.25, 0.3) is 0 Å². The zero-order valence-electron chi connectivity index (χ0n) is 7.02. The fourth-order valence-electron chi connectivity index (χ4n) is 0.834. The predicted octanol–water partition coefficient (Wildman–Crippen LogP) is 1.48. The zero-order chi connectivity index (χ0) is 7.98. The van der Waals surface area contributed by atoms with Crippen molar-refractivity contribution in [3.05, 3.63) is 0 Å². The fraction of sp³-hybridized carbons (Fsp3) is 0.875. The normalized spacial score (nSPS) is 11.5. The number of unbranched alkanes of at least 4 members (excludes halogenated alkanes) is 1. The molecule has 0 N–H and O–H groups in total. The first-order valence-electron chi connectivity index (χ1n) is 3.84. The first-order chi connectivity index (χ1) is 4.66. The molecule has 0 fully saturated rings. The molecule has 0 heterocycles. The van der Waals surface area contributed by atoms with Crippen molar-refractivity contribution < 1.29 is 9.53 Å². The van der Waals surface area contributed by atoms with Crippen LogP contribution in [0.15, 0.2) is 0 Å². The number of hydrogen-bond donors (Lipinski definition) is 0. The second-order valence-electron chi connectivity index (χ2n) is 2.56. The van der Waals surface area contributed by atoms with Crippen LogP contribution in [0.4, 0.5) is 0 Å². The third-order valence-electron chi connectivity index (χ3n) is 1.33. The van der Waals surface area contributed by atoms with Gasteiger partial charge in [-0.25, -0.2) is 0 Å². The summed E-state index contributed by atoms with van der Waals surface area (Å²) in [5, 5.41) is 0. The van der Waals surface area contributed by atoms with E-state index < -0.39 is 0 Å². The molecule has 1 atom stereocenters. The van der Waals surface area contributed by atoms with Crippen LogP contribution < -0.4 is 0 Å². The van der Waals surface area contributed by atoms with Crippen LogP contribution >= 0.6 is 0 Å². The molecule has 0 spiro atoms. The van der Waals surface area contributed by atoms with Crippen molar-refractivity contribution in [2.45, 2.75) is 46.1 Å². The molecule has 3 heteroatoms. The monoisotopic (exact) mass is 168 g/mol. The van der Waals surface area contributed by atoms with Crippen molar-refractivity contribution >= 4 is 35.5 Å². The van der Waals surface area contributed by atoms with Crippen LogP contribution in [-0.2, 0) is 9.53 Å². The van der Waals surface area contributed by atoms with Gasteiger partial charge in [0.15, 0.2) is 0 Å². The molecular weight excluding hydrogens is 151 g/mol. The topological polar surface area (TPSA) is 26.3 Å². The second kappa shape index (κ2) is 8.57. The Morgan fingerprint density at radius 3 is 2.45 bits per heavy atom. The first-order valence-corrected chi connectivity index (χ1v) is 3.84. The van der Waals surface area contributed by atoms with Crippen LogP contribution in [0.5, 0.6) is 0 Å². The van der Waals surface area contributed by atoms with Crippen molar-refractivity contribution in [2.75, 3.05) is 0 Å². The molecule has 0 aromatic carbocycles. The number of carbonyl (C=O) groups is 1. The zero-order valence-corrected chi connectivity index (χ0v) is 7.02. The number of rotatable bonds is 4. The van der Waals surface area contributed by atoms with Gasteiger partial charge in [-0.05, 0) is 13.3 Å². The van der Waals surface area contributed by atoms with Crippen LogP contribution in [0.1, 0.15) is 40.0 Å². The second-order valence-corrected chi connectivity index (χ2v) is 2.56. The molecule has 11 heavy (non-hydrogen) atoms. The third kappa shape index (κ3) is 10.5. The molecule has 0 saturated carbocycles. The third-order valence-corrected chi connectivity index (χ3v) is 1.33. The molecule has 1 unspecified atom stereocenters. The van der Waals surface area contributed by atoms with Gasteiger partial charge in [-0.15, -0.1) is 0 Å². The summed E-state index contributed by atoms with van der Waals surface area (Å²) in [4.78, 5) is 10.4. The SMILES string of the molecule is CCCCC(C)OC(C)=O.[NaH]. The Hall–Kier alpha value is 0.470. The van der Waals surface area contributed by atoms with E-state index in [1.54, 1.807) is 0 Å². The van der Waals surface area contributed by atoms with E-state index in [2.05, 4.69) is 6.92 Å². The fourth-order valence-corrected chi connectivity index (χ4v) is 0.834. The van der Waals surface area contributed by atoms with Crippen molar-refractivity contribution in [3.8, 4) is 0 Å². The van der Waals surface area contributed by atoms with Gasteiger partial charge in [-0.1, -0.05) is 19.8 Å². The minimum atomic E-state index is -0.177. The molecule has 0 aliphatic heterocycles. The van der Waals surface area contributed by atoms with E-state index in [0.717, 1.165) is 19.3 Å². The molecule has 62 valence electrons. The number of ether oxygens (including phenoxy) is 1. The Labute approximate surface area is 91.0 Å². The molecule has 0 aromatic rings. The Bertz CT molecular complexity index is 104. The van der Waals surface area contributed by atoms with Gasteiger partial charge < -0.3 is 4.74 Å². The predicted molar refractivity (Wildman–Crippen MR) is 47.9 cm³/mol. The van der Waals surface area contributed by atoms with E-state index in [1.165, 1.54) is 6.92 Å². The Morgan fingerprint density at radius 1 is 1.55 bits per heavy atom. The maximum atomic E-state index is 10.4. The van der Waals surface area contributed by atoms with Gasteiger partial charge in [-0.2, -0.15) is 0 Å². The maximum absolute atomic E-state index is 10.4. The van der Waals surface area contributed by atoms with Crippen molar-refractivity contribution in [3.63, 3.8) is 0 Å². The number of esters is 1. The van der Waals surface area contributed by atoms with E-state index in [1.807, 2.05) is 6.92 Å². The summed E-state index contributed by atoms with van der Waals surface area (Å²) in [6, 6.07) is 0. The summed E-state index contributed by atoms with van der Waals surface area (Å²) in [7, 11) is 0. The molecule has 0 aromatic heterocycles. The Kier molecular flexibility index (Phi) is 10.9. The molecular formula is C8H17NaO2. The van der Waals surface area contributed by atoms with E-state index in [4.69, 9.17) is 4.74 Å². The van der Waals surface area contributed by atoms with Crippen molar-refractivity contribution in [2.24, 2.45) is 0 Å². The van der Waals surface area contributed by atoms with Crippen molar-refractivity contribution in [1.82, 2.24) is 0 Å². The van der Waals surface area contributed by atoms with Gasteiger partial charge in [0, 0.05) is 6.92 Å². The first kappa shape index (κ1) is 14.0. The van der Waals surface area contributed by atoms with Crippen LogP contribution in [0.25, 0.3) is 0 Å². The van der Waals surface area contributed by atoms with Gasteiger partial charge in [0.1, 0.15) is 0 Å². The van der Waals surface area contributed by atoms with E-state index in [-0.39, 0.29) is 41.6 Å². The summed E-state index contributed by atoms with van der Waals surface area (Å²) in [6.45, 7) is 5.50. The standard InChI is InChI=1S/C8H16O2.Na.H/c1-4-5-6-7(2)10-8(3)9;;/h7H,4-6H2,1-3H3;;. The summed E-state index contributed by atoms with van der Waals surface area (Å²) in [5.41, 5.74) is 0. The molecule has 0 amide bonds. The molecule has 0 aliphatic rings. The van der Waals surface area contributed by atoms with Gasteiger partial charge in [-0.3, -0.25) is 4.79 Å². The average Bonchev–Trinajstić information content (AvgIpc) is 1.82. The molecule has 0 saturated heterocycles. The summed E-state index contributed by atoms with van der Waals surface area (Å²) in [5.74, 6) is -0.177. The number of hydrogen-bond acceptors (Lipinski definition) is 2. The van der Waals surface area contributed by atoms with Crippen LogP contribution in [0.2, 0.25) is 0 Å². The summed E-state index contributed by atoms with van der Waals surface area (Å²) >= 11 is 0. The average molecular weight is 168 g/mol. The molecule has 0 radical (unpaired) electrons. The van der Waals surface area contributed by atoms with Gasteiger partial charge in [0.2, 0.25) is 0 Å². The Morgan fingerprint density at radius 2 is 2.09 bits per heavy atom. The van der Waals surface area contributed by atoms with E-state index >= 15 is 0 Å². The molecule has 0 bridgehead atoms.